The van der Waals surface area contributed by atoms with Crippen LogP contribution in [0.5, 0.6) is 11.5 Å². The van der Waals surface area contributed by atoms with Gasteiger partial charge in [-0.05, 0) is 50.8 Å². The maximum Gasteiger partial charge on any atom is 0.309 e. The van der Waals surface area contributed by atoms with Gasteiger partial charge in [-0.2, -0.15) is 0 Å². The number of halogens is 2. The van der Waals surface area contributed by atoms with E-state index in [0.29, 0.717) is 42.9 Å². The average molecular weight is 552 g/mol. The highest BCUT2D eigenvalue weighted by atomic mass is 127. The Morgan fingerprint density at radius 3 is 2.70 bits per heavy atom. The van der Waals surface area contributed by atoms with Crippen LogP contribution in [0.4, 0.5) is 0 Å². The quantitative estimate of drug-likeness (QED) is 0.253. The number of hydrogen-bond donors (Lipinski definition) is 1. The van der Waals surface area contributed by atoms with E-state index < -0.39 is 0 Å². The Morgan fingerprint density at radius 2 is 2.00 bits per heavy atom. The summed E-state index contributed by atoms with van der Waals surface area (Å²) in [5.41, 5.74) is 1.07. The summed E-state index contributed by atoms with van der Waals surface area (Å²) in [5, 5.41) is 3.94. The topological polar surface area (TPSA) is 72.4 Å². The molecule has 0 spiro atoms. The van der Waals surface area contributed by atoms with Gasteiger partial charge in [-0.1, -0.05) is 11.6 Å². The van der Waals surface area contributed by atoms with Crippen molar-refractivity contribution < 1.29 is 19.0 Å². The van der Waals surface area contributed by atoms with Gasteiger partial charge in [-0.15, -0.1) is 24.0 Å². The van der Waals surface area contributed by atoms with Crippen LogP contribution >= 0.6 is 35.6 Å². The molecule has 0 radical (unpaired) electrons. The van der Waals surface area contributed by atoms with E-state index in [-0.39, 0.29) is 35.9 Å². The van der Waals surface area contributed by atoms with E-state index in [2.05, 4.69) is 17.1 Å². The Labute approximate surface area is 200 Å². The van der Waals surface area contributed by atoms with Crippen molar-refractivity contribution >= 4 is 47.5 Å². The Morgan fingerprint density at radius 1 is 1.27 bits per heavy atom. The molecule has 7 nitrogen and oxygen atoms in total. The first-order chi connectivity index (χ1) is 14.1. The highest BCUT2D eigenvalue weighted by molar-refractivity contribution is 14.0. The number of piperidine rings is 1. The fourth-order valence-corrected chi connectivity index (χ4v) is 3.90. The first-order valence-corrected chi connectivity index (χ1v) is 10.8. The first kappa shape index (κ1) is 24.8. The maximum absolute atomic E-state index is 11.9. The minimum absolute atomic E-state index is 0. The van der Waals surface area contributed by atoms with Gasteiger partial charge in [0.25, 0.3) is 0 Å². The zero-order valence-electron chi connectivity index (χ0n) is 17.6. The van der Waals surface area contributed by atoms with E-state index in [4.69, 9.17) is 30.8 Å². The molecule has 9 heteroatoms. The molecular weight excluding hydrogens is 521 g/mol. The number of esters is 1. The molecule has 2 aliphatic rings. The summed E-state index contributed by atoms with van der Waals surface area (Å²) in [6, 6.07) is 3.90. The molecule has 1 aromatic carbocycles. The molecule has 3 rings (SSSR count). The van der Waals surface area contributed by atoms with Crippen LogP contribution in [0.3, 0.4) is 0 Å². The number of rotatable bonds is 6. The number of ether oxygens (including phenoxy) is 3. The van der Waals surface area contributed by atoms with Crippen molar-refractivity contribution in [2.24, 2.45) is 10.9 Å². The predicted molar refractivity (Wildman–Crippen MR) is 128 cm³/mol. The first-order valence-electron chi connectivity index (χ1n) is 10.4. The van der Waals surface area contributed by atoms with Crippen LogP contribution < -0.4 is 14.8 Å². The van der Waals surface area contributed by atoms with Gasteiger partial charge >= 0.3 is 5.97 Å². The van der Waals surface area contributed by atoms with Crippen LogP contribution in [-0.4, -0.2) is 62.8 Å². The summed E-state index contributed by atoms with van der Waals surface area (Å²) in [6.07, 6.45) is 2.34. The Kier molecular flexibility index (Phi) is 10.3. The van der Waals surface area contributed by atoms with Gasteiger partial charge < -0.3 is 24.4 Å². The summed E-state index contributed by atoms with van der Waals surface area (Å²) in [5.74, 6) is 2.13. The number of aliphatic imine (C=N–C) groups is 1. The molecule has 0 aromatic heterocycles. The zero-order chi connectivity index (χ0) is 20.6. The van der Waals surface area contributed by atoms with Crippen LogP contribution in [-0.2, 0) is 16.0 Å². The molecule has 2 heterocycles. The molecule has 2 aliphatic heterocycles. The Balaban J connectivity index is 0.00000320. The number of likely N-dealkylation sites (tertiary alicyclic amines) is 1. The van der Waals surface area contributed by atoms with Gasteiger partial charge in [-0.25, -0.2) is 0 Å². The zero-order valence-corrected chi connectivity index (χ0v) is 20.7. The van der Waals surface area contributed by atoms with E-state index in [1.807, 2.05) is 19.1 Å². The fourth-order valence-electron chi connectivity index (χ4n) is 3.61. The normalized spacial score (nSPS) is 16.6. The second-order valence-corrected chi connectivity index (χ2v) is 7.51. The molecule has 1 saturated heterocycles. The van der Waals surface area contributed by atoms with E-state index in [9.17, 15) is 4.79 Å². The van der Waals surface area contributed by atoms with Crippen molar-refractivity contribution in [1.29, 1.82) is 0 Å². The van der Waals surface area contributed by atoms with Crippen molar-refractivity contribution in [1.82, 2.24) is 10.2 Å². The van der Waals surface area contributed by atoms with Gasteiger partial charge in [0, 0.05) is 26.2 Å². The number of benzene rings is 1. The van der Waals surface area contributed by atoms with Crippen molar-refractivity contribution in [2.75, 3.05) is 46.0 Å². The lowest BCUT2D eigenvalue weighted by atomic mass is 9.97. The van der Waals surface area contributed by atoms with Crippen LogP contribution in [0.1, 0.15) is 32.3 Å². The third kappa shape index (κ3) is 6.54. The molecule has 168 valence electrons. The Hall–Kier alpha value is -1.42. The number of fused-ring (bicyclic) bond motifs is 1. The van der Waals surface area contributed by atoms with Crippen LogP contribution in [0.2, 0.25) is 5.02 Å². The highest BCUT2D eigenvalue weighted by Gasteiger charge is 2.27. The number of carbonyl (C=O) groups is 1. The average Bonchev–Trinajstić information content (AvgIpc) is 2.73. The summed E-state index contributed by atoms with van der Waals surface area (Å²) in [6.45, 7) is 8.43. The third-order valence-electron chi connectivity index (χ3n) is 5.07. The minimum atomic E-state index is -0.0791. The van der Waals surface area contributed by atoms with Crippen LogP contribution in [0.25, 0.3) is 0 Å². The number of nitrogens with one attached hydrogen (secondary N) is 1. The van der Waals surface area contributed by atoms with Crippen LogP contribution in [0.15, 0.2) is 17.1 Å². The van der Waals surface area contributed by atoms with E-state index >= 15 is 0 Å². The SMILES string of the molecule is CCNC(=NCCc1cc(Cl)c2c(c1)OCCO2)N1CCC(C(=O)OCC)CC1.I. The van der Waals surface area contributed by atoms with Gasteiger partial charge in [-0.3, -0.25) is 9.79 Å². The molecule has 0 aliphatic carbocycles. The van der Waals surface area contributed by atoms with E-state index in [1.165, 1.54) is 0 Å². The molecule has 1 fully saturated rings. The fraction of sp³-hybridized carbons (Fsp3) is 0.619. The highest BCUT2D eigenvalue weighted by Crippen LogP contribution is 2.38. The van der Waals surface area contributed by atoms with Crippen molar-refractivity contribution in [3.63, 3.8) is 0 Å². The largest absolute Gasteiger partial charge is 0.486 e. The molecule has 30 heavy (non-hydrogen) atoms. The van der Waals surface area contributed by atoms with Gasteiger partial charge in [0.05, 0.1) is 17.5 Å². The summed E-state index contributed by atoms with van der Waals surface area (Å²) >= 11 is 6.32. The van der Waals surface area contributed by atoms with Crippen molar-refractivity contribution in [3.8, 4) is 11.5 Å². The molecule has 0 amide bonds. The smallest absolute Gasteiger partial charge is 0.309 e. The monoisotopic (exact) mass is 551 g/mol. The molecule has 0 atom stereocenters. The minimum Gasteiger partial charge on any atom is -0.486 e. The molecule has 1 aromatic rings. The lowest BCUT2D eigenvalue weighted by molar-refractivity contribution is -0.149. The summed E-state index contributed by atoms with van der Waals surface area (Å²) in [4.78, 5) is 18.9. The summed E-state index contributed by atoms with van der Waals surface area (Å²) in [7, 11) is 0. The third-order valence-corrected chi connectivity index (χ3v) is 5.35. The second-order valence-electron chi connectivity index (χ2n) is 7.10. The molecule has 0 bridgehead atoms. The molecular formula is C21H31ClIN3O4. The number of guanidine groups is 1. The standard InChI is InChI=1S/C21H30ClN3O4.HI/c1-3-23-21(25-9-6-16(7-10-25)20(26)27-4-2)24-8-5-15-13-17(22)19-18(14-15)28-11-12-29-19;/h13-14,16H,3-12H2,1-2H3,(H,23,24);1H. The van der Waals surface area contributed by atoms with Gasteiger partial charge in [0.2, 0.25) is 0 Å². The lowest BCUT2D eigenvalue weighted by Crippen LogP contribution is -2.46. The van der Waals surface area contributed by atoms with Gasteiger partial charge in [0.15, 0.2) is 17.5 Å². The van der Waals surface area contributed by atoms with E-state index in [0.717, 1.165) is 50.4 Å². The molecule has 0 unspecified atom stereocenters. The van der Waals surface area contributed by atoms with Crippen molar-refractivity contribution in [2.45, 2.75) is 33.1 Å². The molecule has 0 saturated carbocycles. The number of nitrogens with zero attached hydrogens (tertiary/aromatic N) is 2. The lowest BCUT2D eigenvalue weighted by Gasteiger charge is -2.33. The second kappa shape index (κ2) is 12.4. The number of hydrogen-bond acceptors (Lipinski definition) is 5. The molecule has 1 N–H and O–H groups in total. The van der Waals surface area contributed by atoms with Crippen LogP contribution in [0, 0.1) is 5.92 Å². The Bertz CT molecular complexity index is 739. The maximum atomic E-state index is 11.9. The van der Waals surface area contributed by atoms with E-state index in [1.54, 1.807) is 0 Å². The van der Waals surface area contributed by atoms with Crippen molar-refractivity contribution in [3.05, 3.63) is 22.7 Å². The number of carbonyl (C=O) groups excluding carboxylic acids is 1. The summed E-state index contributed by atoms with van der Waals surface area (Å²) < 4.78 is 16.4. The van der Waals surface area contributed by atoms with Gasteiger partial charge in [0.1, 0.15) is 13.2 Å². The predicted octanol–water partition coefficient (Wildman–Crippen LogP) is 3.51.